The molecule has 0 radical (unpaired) electrons. The van der Waals surface area contributed by atoms with Crippen molar-refractivity contribution in [2.24, 2.45) is 0 Å². The van der Waals surface area contributed by atoms with Gasteiger partial charge in [-0.25, -0.2) is 14.1 Å². The summed E-state index contributed by atoms with van der Waals surface area (Å²) in [6.07, 6.45) is 1.35. The molecule has 1 aromatic carbocycles. The molecule has 4 nitrogen and oxygen atoms in total. The highest BCUT2D eigenvalue weighted by Crippen LogP contribution is 2.30. The Morgan fingerprint density at radius 2 is 2.12 bits per heavy atom. The number of rotatable bonds is 2. The van der Waals surface area contributed by atoms with E-state index in [-0.39, 0.29) is 17.4 Å². The van der Waals surface area contributed by atoms with Crippen LogP contribution in [-0.2, 0) is 0 Å². The molecule has 0 aliphatic carbocycles. The normalized spacial score (nSPS) is 11.0. The number of aromatic hydroxyl groups is 1. The first-order valence-electron chi connectivity index (χ1n) is 4.98. The van der Waals surface area contributed by atoms with E-state index < -0.39 is 5.82 Å². The van der Waals surface area contributed by atoms with Crippen molar-refractivity contribution in [2.75, 3.05) is 0 Å². The van der Waals surface area contributed by atoms with Gasteiger partial charge in [-0.2, -0.15) is 5.10 Å². The predicted molar refractivity (Wildman–Crippen MR) is 57.5 cm³/mol. The van der Waals surface area contributed by atoms with Gasteiger partial charge in [0.05, 0.1) is 5.56 Å². The van der Waals surface area contributed by atoms with Gasteiger partial charge >= 0.3 is 0 Å². The Morgan fingerprint density at radius 3 is 2.75 bits per heavy atom. The first-order valence-corrected chi connectivity index (χ1v) is 4.98. The van der Waals surface area contributed by atoms with Gasteiger partial charge in [-0.3, -0.25) is 0 Å². The van der Waals surface area contributed by atoms with Crippen LogP contribution >= 0.6 is 0 Å². The second kappa shape index (κ2) is 3.92. The minimum Gasteiger partial charge on any atom is -0.507 e. The average molecular weight is 221 g/mol. The number of hydrogen-bond donors (Lipinski definition) is 1. The molecule has 1 N–H and O–H groups in total. The summed E-state index contributed by atoms with van der Waals surface area (Å²) in [4.78, 5) is 3.98. The molecule has 0 unspecified atom stereocenters. The third kappa shape index (κ3) is 1.64. The molecule has 0 spiro atoms. The van der Waals surface area contributed by atoms with Gasteiger partial charge in [0.2, 0.25) is 0 Å². The maximum atomic E-state index is 13.6. The molecule has 0 aliphatic rings. The molecular formula is C11H12FN3O. The van der Waals surface area contributed by atoms with Crippen LogP contribution in [0.5, 0.6) is 5.75 Å². The molecular weight excluding hydrogens is 209 g/mol. The Balaban J connectivity index is 2.63. The summed E-state index contributed by atoms with van der Waals surface area (Å²) in [5.41, 5.74) is 0.0914. The summed E-state index contributed by atoms with van der Waals surface area (Å²) >= 11 is 0. The fraction of sp³-hybridized carbons (Fsp3) is 0.273. The van der Waals surface area contributed by atoms with Gasteiger partial charge in [0.25, 0.3) is 0 Å². The maximum absolute atomic E-state index is 13.6. The summed E-state index contributed by atoms with van der Waals surface area (Å²) in [5, 5.41) is 13.7. The number of phenols is 1. The smallest absolute Gasteiger partial charge is 0.165 e. The van der Waals surface area contributed by atoms with Crippen LogP contribution in [0.1, 0.15) is 19.9 Å². The number of benzene rings is 1. The zero-order valence-corrected chi connectivity index (χ0v) is 9.05. The van der Waals surface area contributed by atoms with Crippen molar-refractivity contribution >= 4 is 0 Å². The van der Waals surface area contributed by atoms with Crippen molar-refractivity contribution in [1.29, 1.82) is 0 Å². The van der Waals surface area contributed by atoms with Crippen molar-refractivity contribution < 1.29 is 9.50 Å². The van der Waals surface area contributed by atoms with Gasteiger partial charge in [-0.1, -0.05) is 6.07 Å². The number of aromatic nitrogens is 3. The Labute approximate surface area is 92.4 Å². The molecule has 0 saturated carbocycles. The molecule has 5 heteroatoms. The van der Waals surface area contributed by atoms with Gasteiger partial charge < -0.3 is 5.11 Å². The molecule has 84 valence electrons. The first kappa shape index (κ1) is 10.6. The molecule has 0 atom stereocenters. The van der Waals surface area contributed by atoms with Gasteiger partial charge in [0.1, 0.15) is 17.9 Å². The monoisotopic (exact) mass is 221 g/mol. The lowest BCUT2D eigenvalue weighted by atomic mass is 10.1. The molecule has 0 aliphatic heterocycles. The fourth-order valence-corrected chi connectivity index (χ4v) is 1.54. The van der Waals surface area contributed by atoms with Crippen LogP contribution in [-0.4, -0.2) is 19.9 Å². The molecule has 0 bridgehead atoms. The highest BCUT2D eigenvalue weighted by molar-refractivity contribution is 5.64. The quantitative estimate of drug-likeness (QED) is 0.847. The summed E-state index contributed by atoms with van der Waals surface area (Å²) in [6, 6.07) is 4.22. The molecule has 0 amide bonds. The topological polar surface area (TPSA) is 50.9 Å². The highest BCUT2D eigenvalue weighted by atomic mass is 19.1. The van der Waals surface area contributed by atoms with E-state index in [9.17, 15) is 9.50 Å². The van der Waals surface area contributed by atoms with Crippen molar-refractivity contribution in [3.8, 4) is 17.1 Å². The van der Waals surface area contributed by atoms with Gasteiger partial charge in [0, 0.05) is 6.04 Å². The zero-order chi connectivity index (χ0) is 11.7. The molecule has 0 fully saturated rings. The molecule has 1 aromatic heterocycles. The summed E-state index contributed by atoms with van der Waals surface area (Å²) in [6.45, 7) is 3.83. The lowest BCUT2D eigenvalue weighted by Gasteiger charge is -2.10. The molecule has 0 saturated heterocycles. The van der Waals surface area contributed by atoms with Gasteiger partial charge in [0.15, 0.2) is 5.82 Å². The van der Waals surface area contributed by atoms with E-state index in [1.165, 1.54) is 24.5 Å². The average Bonchev–Trinajstić information content (AvgIpc) is 2.66. The number of halogens is 1. The van der Waals surface area contributed by atoms with E-state index in [1.54, 1.807) is 4.68 Å². The van der Waals surface area contributed by atoms with E-state index in [1.807, 2.05) is 13.8 Å². The van der Waals surface area contributed by atoms with E-state index in [4.69, 9.17) is 0 Å². The largest absolute Gasteiger partial charge is 0.507 e. The van der Waals surface area contributed by atoms with Crippen LogP contribution in [0.3, 0.4) is 0 Å². The minimum absolute atomic E-state index is 0.0523. The Bertz CT molecular complexity index is 487. The SMILES string of the molecule is CC(C)n1ncnc1-c1c(O)cccc1F. The van der Waals surface area contributed by atoms with Crippen molar-refractivity contribution in [2.45, 2.75) is 19.9 Å². The zero-order valence-electron chi connectivity index (χ0n) is 9.05. The van der Waals surface area contributed by atoms with E-state index in [2.05, 4.69) is 10.1 Å². The van der Waals surface area contributed by atoms with E-state index >= 15 is 0 Å². The number of phenolic OH excluding ortho intramolecular Hbond substituents is 1. The summed E-state index contributed by atoms with van der Waals surface area (Å²) < 4.78 is 15.2. The number of nitrogens with zero attached hydrogens (tertiary/aromatic N) is 3. The first-order chi connectivity index (χ1) is 7.61. The van der Waals surface area contributed by atoms with Crippen LogP contribution in [0.15, 0.2) is 24.5 Å². The lowest BCUT2D eigenvalue weighted by molar-refractivity contribution is 0.468. The second-order valence-electron chi connectivity index (χ2n) is 3.76. The molecule has 16 heavy (non-hydrogen) atoms. The Morgan fingerprint density at radius 1 is 1.38 bits per heavy atom. The summed E-state index contributed by atoms with van der Waals surface area (Å²) in [7, 11) is 0. The molecule has 2 aromatic rings. The van der Waals surface area contributed by atoms with Crippen molar-refractivity contribution in [3.63, 3.8) is 0 Å². The van der Waals surface area contributed by atoms with E-state index in [0.29, 0.717) is 5.82 Å². The van der Waals surface area contributed by atoms with Crippen molar-refractivity contribution in [3.05, 3.63) is 30.3 Å². The van der Waals surface area contributed by atoms with Crippen molar-refractivity contribution in [1.82, 2.24) is 14.8 Å². The van der Waals surface area contributed by atoms with Crippen LogP contribution in [0.2, 0.25) is 0 Å². The minimum atomic E-state index is -0.505. The number of hydrogen-bond acceptors (Lipinski definition) is 3. The second-order valence-corrected chi connectivity index (χ2v) is 3.76. The fourth-order valence-electron chi connectivity index (χ4n) is 1.54. The Hall–Kier alpha value is -1.91. The predicted octanol–water partition coefficient (Wildman–Crippen LogP) is 2.37. The molecule has 2 rings (SSSR count). The molecule has 1 heterocycles. The maximum Gasteiger partial charge on any atom is 0.165 e. The standard InChI is InChI=1S/C11H12FN3O/c1-7(2)15-11(13-6-14-15)10-8(12)4-3-5-9(10)16/h3-7,16H,1-2H3. The van der Waals surface area contributed by atoms with Crippen LogP contribution in [0.25, 0.3) is 11.4 Å². The van der Waals surface area contributed by atoms with E-state index in [0.717, 1.165) is 0 Å². The van der Waals surface area contributed by atoms with Crippen LogP contribution < -0.4 is 0 Å². The highest BCUT2D eigenvalue weighted by Gasteiger charge is 2.17. The lowest BCUT2D eigenvalue weighted by Crippen LogP contribution is -2.06. The summed E-state index contributed by atoms with van der Waals surface area (Å²) in [5.74, 6) is -0.296. The third-order valence-electron chi connectivity index (χ3n) is 2.28. The third-order valence-corrected chi connectivity index (χ3v) is 2.28. The Kier molecular flexibility index (Phi) is 2.60. The van der Waals surface area contributed by atoms with Gasteiger partial charge in [-0.05, 0) is 26.0 Å². The van der Waals surface area contributed by atoms with Gasteiger partial charge in [-0.15, -0.1) is 0 Å². The van der Waals surface area contributed by atoms with Crippen LogP contribution in [0, 0.1) is 5.82 Å². The van der Waals surface area contributed by atoms with Crippen LogP contribution in [0.4, 0.5) is 4.39 Å².